The predicted octanol–water partition coefficient (Wildman–Crippen LogP) is 2.84. The molecule has 1 aliphatic rings. The number of carbonyl (C=O) groups excluding carboxylic acids is 1. The van der Waals surface area contributed by atoms with E-state index in [1.807, 2.05) is 32.9 Å². The fourth-order valence-electron chi connectivity index (χ4n) is 2.58. The molecule has 9 heteroatoms. The molecule has 1 saturated carbocycles. The number of halogens is 1. The Morgan fingerprint density at radius 2 is 1.93 bits per heavy atom. The number of benzene rings is 1. The Balaban J connectivity index is 0.00000117. The molecule has 1 fully saturated rings. The third-order valence-corrected chi connectivity index (χ3v) is 4.05. The van der Waals surface area contributed by atoms with Crippen molar-refractivity contribution >= 4 is 22.6 Å². The molecule has 2 aromatic heterocycles. The van der Waals surface area contributed by atoms with E-state index in [0.29, 0.717) is 16.7 Å². The zero-order valence-electron chi connectivity index (χ0n) is 16.5. The second kappa shape index (κ2) is 8.76. The van der Waals surface area contributed by atoms with Crippen LogP contribution in [0.25, 0.3) is 10.8 Å². The predicted molar refractivity (Wildman–Crippen MR) is 106 cm³/mol. The van der Waals surface area contributed by atoms with Gasteiger partial charge in [-0.05, 0) is 31.9 Å². The summed E-state index contributed by atoms with van der Waals surface area (Å²) in [5, 5.41) is 7.70. The van der Waals surface area contributed by atoms with Crippen LogP contribution in [-0.2, 0) is 11.3 Å². The van der Waals surface area contributed by atoms with Gasteiger partial charge in [-0.1, -0.05) is 25.5 Å². The van der Waals surface area contributed by atoms with Crippen LogP contribution in [0.3, 0.4) is 0 Å². The Labute approximate surface area is 166 Å². The van der Waals surface area contributed by atoms with Gasteiger partial charge in [0.15, 0.2) is 5.82 Å². The van der Waals surface area contributed by atoms with Crippen LogP contribution in [0.4, 0.5) is 10.3 Å². The average molecular weight is 399 g/mol. The lowest BCUT2D eigenvalue weighted by atomic mass is 10.1. The molecule has 0 atom stereocenters. The lowest BCUT2D eigenvalue weighted by Gasteiger charge is -2.12. The second-order valence-electron chi connectivity index (χ2n) is 6.41. The maximum absolute atomic E-state index is 12.8. The molecular weight excluding hydrogens is 377 g/mol. The number of anilines is 1. The molecule has 0 spiro atoms. The summed E-state index contributed by atoms with van der Waals surface area (Å²) in [7, 11) is 0. The lowest BCUT2D eigenvalue weighted by Crippen LogP contribution is -2.30. The van der Waals surface area contributed by atoms with E-state index in [4.69, 9.17) is 4.74 Å². The lowest BCUT2D eigenvalue weighted by molar-refractivity contribution is -0.117. The van der Waals surface area contributed by atoms with E-state index in [-0.39, 0.29) is 18.6 Å². The van der Waals surface area contributed by atoms with Gasteiger partial charge >= 0.3 is 0 Å². The van der Waals surface area contributed by atoms with Gasteiger partial charge < -0.3 is 4.74 Å². The van der Waals surface area contributed by atoms with Gasteiger partial charge in [-0.3, -0.25) is 14.9 Å². The standard InChI is InChI=1S/C18H16FN5O3.C2H6/c1-10-2-5-13-14(6-10)16(27-12-3-4-12)23-24(17(13)26)9-15(25)22-18-20-7-11(19)8-21-18;1-2/h2,5-8,12H,3-4,9H2,1H3,(H,20,21,22,25);1-2H3. The topological polar surface area (TPSA) is 99.0 Å². The van der Waals surface area contributed by atoms with Crippen molar-refractivity contribution in [3.05, 3.63) is 52.3 Å². The highest BCUT2D eigenvalue weighted by Crippen LogP contribution is 2.29. The second-order valence-corrected chi connectivity index (χ2v) is 6.41. The molecule has 3 aromatic rings. The number of fused-ring (bicyclic) bond motifs is 1. The van der Waals surface area contributed by atoms with Crippen LogP contribution in [0.5, 0.6) is 5.88 Å². The van der Waals surface area contributed by atoms with Crippen molar-refractivity contribution < 1.29 is 13.9 Å². The highest BCUT2D eigenvalue weighted by molar-refractivity contribution is 5.90. The zero-order chi connectivity index (χ0) is 21.0. The molecule has 0 aliphatic heterocycles. The van der Waals surface area contributed by atoms with Gasteiger partial charge in [0.1, 0.15) is 12.6 Å². The first-order chi connectivity index (χ1) is 14.0. The van der Waals surface area contributed by atoms with Gasteiger partial charge in [-0.15, -0.1) is 5.10 Å². The summed E-state index contributed by atoms with van der Waals surface area (Å²) in [6.45, 7) is 5.58. The van der Waals surface area contributed by atoms with Crippen molar-refractivity contribution in [3.8, 4) is 5.88 Å². The minimum atomic E-state index is -0.613. The molecule has 0 saturated heterocycles. The molecule has 1 aliphatic carbocycles. The minimum Gasteiger partial charge on any atom is -0.473 e. The molecule has 29 heavy (non-hydrogen) atoms. The molecular formula is C20H22FN5O3. The third kappa shape index (κ3) is 4.92. The van der Waals surface area contributed by atoms with Crippen LogP contribution >= 0.6 is 0 Å². The number of hydrogen-bond donors (Lipinski definition) is 1. The fraction of sp³-hybridized carbons (Fsp3) is 0.350. The summed E-state index contributed by atoms with van der Waals surface area (Å²) in [5.74, 6) is -0.889. The van der Waals surface area contributed by atoms with Gasteiger partial charge in [-0.2, -0.15) is 0 Å². The molecule has 1 N–H and O–H groups in total. The molecule has 0 bridgehead atoms. The fourth-order valence-corrected chi connectivity index (χ4v) is 2.58. The SMILES string of the molecule is CC.Cc1ccc2c(=O)n(CC(=O)Nc3ncc(F)cn3)nc(OC3CC3)c2c1. The Kier molecular flexibility index (Phi) is 6.16. The number of nitrogens with one attached hydrogen (secondary N) is 1. The number of aromatic nitrogens is 4. The largest absolute Gasteiger partial charge is 0.473 e. The number of amides is 1. The maximum atomic E-state index is 12.8. The van der Waals surface area contributed by atoms with E-state index in [9.17, 15) is 14.0 Å². The first-order valence-corrected chi connectivity index (χ1v) is 9.45. The van der Waals surface area contributed by atoms with Crippen LogP contribution < -0.4 is 15.6 Å². The van der Waals surface area contributed by atoms with Crippen molar-refractivity contribution in [2.45, 2.75) is 46.3 Å². The molecule has 152 valence electrons. The number of carbonyl (C=O) groups is 1. The van der Waals surface area contributed by atoms with Crippen LogP contribution in [0.15, 0.2) is 35.4 Å². The average Bonchev–Trinajstić information content (AvgIpc) is 3.53. The van der Waals surface area contributed by atoms with E-state index >= 15 is 0 Å². The van der Waals surface area contributed by atoms with Gasteiger partial charge in [-0.25, -0.2) is 19.0 Å². The third-order valence-electron chi connectivity index (χ3n) is 4.05. The van der Waals surface area contributed by atoms with Gasteiger partial charge in [0.2, 0.25) is 17.7 Å². The molecule has 1 aromatic carbocycles. The van der Waals surface area contributed by atoms with Gasteiger partial charge in [0.05, 0.1) is 23.2 Å². The van der Waals surface area contributed by atoms with Gasteiger partial charge in [0, 0.05) is 0 Å². The highest BCUT2D eigenvalue weighted by atomic mass is 19.1. The zero-order valence-corrected chi connectivity index (χ0v) is 16.5. The summed E-state index contributed by atoms with van der Waals surface area (Å²) in [6, 6.07) is 5.37. The molecule has 4 rings (SSSR count). The first kappa shape index (κ1) is 20.4. The van der Waals surface area contributed by atoms with E-state index < -0.39 is 17.3 Å². The quantitative estimate of drug-likeness (QED) is 0.708. The number of aryl methyl sites for hydroxylation is 1. The molecule has 1 amide bonds. The van der Waals surface area contributed by atoms with Crippen molar-refractivity contribution in [1.82, 2.24) is 19.7 Å². The summed E-state index contributed by atoms with van der Waals surface area (Å²) in [5.41, 5.74) is 0.580. The van der Waals surface area contributed by atoms with E-state index in [2.05, 4.69) is 20.4 Å². The Morgan fingerprint density at radius 1 is 1.24 bits per heavy atom. The summed E-state index contributed by atoms with van der Waals surface area (Å²) >= 11 is 0. The summed E-state index contributed by atoms with van der Waals surface area (Å²) < 4.78 is 19.7. The molecule has 8 nitrogen and oxygen atoms in total. The first-order valence-electron chi connectivity index (χ1n) is 9.45. The van der Waals surface area contributed by atoms with Crippen molar-refractivity contribution in [3.63, 3.8) is 0 Å². The van der Waals surface area contributed by atoms with Crippen molar-refractivity contribution in [2.75, 3.05) is 5.32 Å². The number of hydrogen-bond acceptors (Lipinski definition) is 6. The number of rotatable bonds is 5. The van der Waals surface area contributed by atoms with Gasteiger partial charge in [0.25, 0.3) is 5.56 Å². The monoisotopic (exact) mass is 399 g/mol. The van der Waals surface area contributed by atoms with E-state index in [1.165, 1.54) is 0 Å². The minimum absolute atomic E-state index is 0.0553. The van der Waals surface area contributed by atoms with Crippen LogP contribution in [0.1, 0.15) is 32.3 Å². The Hall–Kier alpha value is -3.36. The van der Waals surface area contributed by atoms with Crippen LogP contribution in [0.2, 0.25) is 0 Å². The van der Waals surface area contributed by atoms with E-state index in [1.54, 1.807) is 6.07 Å². The maximum Gasteiger partial charge on any atom is 0.275 e. The van der Waals surface area contributed by atoms with Crippen molar-refractivity contribution in [2.24, 2.45) is 0 Å². The summed E-state index contributed by atoms with van der Waals surface area (Å²) in [6.07, 6.45) is 3.85. The highest BCUT2D eigenvalue weighted by Gasteiger charge is 2.26. The van der Waals surface area contributed by atoms with E-state index in [0.717, 1.165) is 35.5 Å². The summed E-state index contributed by atoms with van der Waals surface area (Å²) in [4.78, 5) is 32.3. The van der Waals surface area contributed by atoms with Crippen molar-refractivity contribution in [1.29, 1.82) is 0 Å². The molecule has 0 unspecified atom stereocenters. The number of ether oxygens (including phenoxy) is 1. The number of nitrogens with zero attached hydrogens (tertiary/aromatic N) is 4. The Bertz CT molecular complexity index is 1080. The smallest absolute Gasteiger partial charge is 0.275 e. The van der Waals surface area contributed by atoms with Crippen LogP contribution in [-0.4, -0.2) is 31.8 Å². The molecule has 0 radical (unpaired) electrons. The normalized spacial score (nSPS) is 12.8. The Morgan fingerprint density at radius 3 is 2.59 bits per heavy atom. The van der Waals surface area contributed by atoms with Crippen LogP contribution in [0, 0.1) is 12.7 Å². The molecule has 2 heterocycles.